The molecule has 0 aromatic heterocycles. The summed E-state index contributed by atoms with van der Waals surface area (Å²) in [4.78, 5) is 10.2. The number of anilines is 1. The summed E-state index contributed by atoms with van der Waals surface area (Å²) in [5.41, 5.74) is 4.02. The summed E-state index contributed by atoms with van der Waals surface area (Å²) < 4.78 is 0. The van der Waals surface area contributed by atoms with E-state index in [4.69, 9.17) is 12.2 Å². The zero-order chi connectivity index (χ0) is 15.4. The topological polar surface area (TPSA) is 70.4 Å². The number of non-ortho nitro benzene ring substituents is 1. The molecule has 114 valence electrons. The van der Waals surface area contributed by atoms with E-state index in [1.165, 1.54) is 18.6 Å². The van der Waals surface area contributed by atoms with E-state index in [0.29, 0.717) is 17.2 Å². The van der Waals surface area contributed by atoms with Crippen molar-refractivity contribution in [3.05, 3.63) is 34.4 Å². The van der Waals surface area contributed by atoms with Gasteiger partial charge >= 0.3 is 0 Å². The van der Waals surface area contributed by atoms with Crippen molar-refractivity contribution in [2.75, 3.05) is 5.32 Å². The predicted molar refractivity (Wildman–Crippen MR) is 87.1 cm³/mol. The zero-order valence-corrected chi connectivity index (χ0v) is 13.0. The van der Waals surface area contributed by atoms with Crippen molar-refractivity contribution in [3.8, 4) is 0 Å². The van der Waals surface area contributed by atoms with Gasteiger partial charge in [-0.2, -0.15) is 0 Å². The van der Waals surface area contributed by atoms with Crippen LogP contribution in [0.3, 0.4) is 0 Å². The molecule has 0 bridgehead atoms. The third kappa shape index (κ3) is 4.12. The molecule has 0 aliphatic carbocycles. The molecule has 1 fully saturated rings. The first-order valence-electron chi connectivity index (χ1n) is 7.08. The fourth-order valence-electron chi connectivity index (χ4n) is 2.58. The fraction of sp³-hybridized carbons (Fsp3) is 0.500. The Morgan fingerprint density at radius 2 is 1.86 bits per heavy atom. The first kappa shape index (κ1) is 15.7. The summed E-state index contributed by atoms with van der Waals surface area (Å²) in [6.07, 6.45) is 3.54. The molecular formula is C14H20N4O2S. The van der Waals surface area contributed by atoms with E-state index in [0.717, 1.165) is 18.5 Å². The van der Waals surface area contributed by atoms with Gasteiger partial charge in [-0.25, -0.2) is 5.01 Å². The van der Waals surface area contributed by atoms with Crippen LogP contribution >= 0.6 is 12.2 Å². The average molecular weight is 308 g/mol. The molecule has 0 radical (unpaired) electrons. The van der Waals surface area contributed by atoms with E-state index in [2.05, 4.69) is 29.6 Å². The Morgan fingerprint density at radius 3 is 2.38 bits per heavy atom. The lowest BCUT2D eigenvalue weighted by Gasteiger charge is -2.39. The number of piperidine rings is 1. The zero-order valence-electron chi connectivity index (χ0n) is 12.2. The molecule has 0 saturated carbocycles. The highest BCUT2D eigenvalue weighted by Gasteiger charge is 2.25. The Kier molecular flexibility index (Phi) is 5.08. The molecule has 2 rings (SSSR count). The van der Waals surface area contributed by atoms with Crippen LogP contribution in [-0.2, 0) is 0 Å². The van der Waals surface area contributed by atoms with E-state index >= 15 is 0 Å². The minimum absolute atomic E-state index is 0.0673. The van der Waals surface area contributed by atoms with Crippen LogP contribution in [0.25, 0.3) is 0 Å². The number of hydrogen-bond acceptors (Lipinski definition) is 4. The van der Waals surface area contributed by atoms with Crippen molar-refractivity contribution < 1.29 is 4.92 Å². The van der Waals surface area contributed by atoms with Crippen LogP contribution in [0.15, 0.2) is 24.3 Å². The van der Waals surface area contributed by atoms with Gasteiger partial charge in [0.15, 0.2) is 5.11 Å². The van der Waals surface area contributed by atoms with Crippen LogP contribution < -0.4 is 10.7 Å². The van der Waals surface area contributed by atoms with Crippen molar-refractivity contribution in [2.24, 2.45) is 0 Å². The molecule has 1 aliphatic heterocycles. The molecule has 0 unspecified atom stereocenters. The molecule has 0 amide bonds. The first-order valence-corrected chi connectivity index (χ1v) is 7.48. The number of nitro benzene ring substituents is 1. The average Bonchev–Trinajstić information content (AvgIpc) is 2.43. The van der Waals surface area contributed by atoms with Crippen molar-refractivity contribution in [2.45, 2.75) is 45.2 Å². The summed E-state index contributed by atoms with van der Waals surface area (Å²) in [5, 5.41) is 16.3. The molecule has 2 N–H and O–H groups in total. The third-order valence-electron chi connectivity index (χ3n) is 3.76. The quantitative estimate of drug-likeness (QED) is 0.508. The Hall–Kier alpha value is -1.73. The summed E-state index contributed by atoms with van der Waals surface area (Å²) in [7, 11) is 0. The Morgan fingerprint density at radius 1 is 1.29 bits per heavy atom. The molecule has 1 aromatic rings. The summed E-state index contributed by atoms with van der Waals surface area (Å²) >= 11 is 5.31. The monoisotopic (exact) mass is 308 g/mol. The molecule has 1 aromatic carbocycles. The van der Waals surface area contributed by atoms with E-state index < -0.39 is 4.92 Å². The van der Waals surface area contributed by atoms with Crippen LogP contribution in [0.4, 0.5) is 11.4 Å². The Bertz CT molecular complexity index is 510. The number of nitro groups is 1. The number of nitrogens with one attached hydrogen (secondary N) is 2. The van der Waals surface area contributed by atoms with Gasteiger partial charge in [-0.15, -0.1) is 0 Å². The van der Waals surface area contributed by atoms with E-state index in [9.17, 15) is 10.1 Å². The number of rotatable bonds is 3. The molecule has 6 nitrogen and oxygen atoms in total. The maximum Gasteiger partial charge on any atom is 0.269 e. The molecule has 0 spiro atoms. The Balaban J connectivity index is 1.93. The highest BCUT2D eigenvalue weighted by molar-refractivity contribution is 7.80. The van der Waals surface area contributed by atoms with Gasteiger partial charge < -0.3 is 5.32 Å². The second kappa shape index (κ2) is 6.82. The lowest BCUT2D eigenvalue weighted by atomic mass is 10.00. The number of thiocarbonyl (C=S) groups is 1. The maximum atomic E-state index is 10.6. The fourth-order valence-corrected chi connectivity index (χ4v) is 2.81. The van der Waals surface area contributed by atoms with Gasteiger partial charge in [-0.1, -0.05) is 6.42 Å². The van der Waals surface area contributed by atoms with Gasteiger partial charge in [0.1, 0.15) is 0 Å². The molecule has 2 atom stereocenters. The van der Waals surface area contributed by atoms with Crippen LogP contribution in [0, 0.1) is 10.1 Å². The molecule has 1 saturated heterocycles. The molecule has 1 heterocycles. The SMILES string of the molecule is C[C@@H]1CCC[C@@H](C)N1NC(=S)Nc1ccc([N+](=O)[O-])cc1. The van der Waals surface area contributed by atoms with Gasteiger partial charge in [0.2, 0.25) is 0 Å². The smallest absolute Gasteiger partial charge is 0.269 e. The molecule has 7 heteroatoms. The largest absolute Gasteiger partial charge is 0.332 e. The van der Waals surface area contributed by atoms with Gasteiger partial charge in [0, 0.05) is 29.9 Å². The summed E-state index contributed by atoms with van der Waals surface area (Å²) in [6.45, 7) is 4.36. The normalized spacial score (nSPS) is 22.6. The Labute approximate surface area is 129 Å². The third-order valence-corrected chi connectivity index (χ3v) is 3.95. The van der Waals surface area contributed by atoms with E-state index in [1.54, 1.807) is 12.1 Å². The number of hydrazine groups is 1. The van der Waals surface area contributed by atoms with Crippen LogP contribution in [0.2, 0.25) is 0 Å². The number of benzene rings is 1. The minimum Gasteiger partial charge on any atom is -0.332 e. The second-order valence-corrected chi connectivity index (χ2v) is 5.81. The first-order chi connectivity index (χ1) is 9.97. The van der Waals surface area contributed by atoms with Crippen LogP contribution in [0.5, 0.6) is 0 Å². The van der Waals surface area contributed by atoms with Gasteiger partial charge in [0.05, 0.1) is 4.92 Å². The second-order valence-electron chi connectivity index (χ2n) is 5.41. The van der Waals surface area contributed by atoms with Crippen LogP contribution in [0.1, 0.15) is 33.1 Å². The number of hydrogen-bond donors (Lipinski definition) is 2. The minimum atomic E-state index is -0.419. The highest BCUT2D eigenvalue weighted by Crippen LogP contribution is 2.20. The molecular weight excluding hydrogens is 288 g/mol. The van der Waals surface area contributed by atoms with Gasteiger partial charge in [-0.05, 0) is 51.0 Å². The van der Waals surface area contributed by atoms with Crippen LogP contribution in [-0.4, -0.2) is 27.1 Å². The van der Waals surface area contributed by atoms with E-state index in [1.807, 2.05) is 0 Å². The van der Waals surface area contributed by atoms with Gasteiger partial charge in [0.25, 0.3) is 5.69 Å². The standard InChI is InChI=1S/C14H20N4O2S/c1-10-4-3-5-11(2)17(10)16-14(21)15-12-6-8-13(9-7-12)18(19)20/h6-11H,3-5H2,1-2H3,(H2,15,16,21)/t10-,11-/m1/s1. The maximum absolute atomic E-state index is 10.6. The highest BCUT2D eigenvalue weighted by atomic mass is 32.1. The lowest BCUT2D eigenvalue weighted by molar-refractivity contribution is -0.384. The van der Waals surface area contributed by atoms with Gasteiger partial charge in [-0.3, -0.25) is 15.5 Å². The number of nitrogens with zero attached hydrogens (tertiary/aromatic N) is 2. The molecule has 21 heavy (non-hydrogen) atoms. The molecule has 1 aliphatic rings. The van der Waals surface area contributed by atoms with Crippen molar-refractivity contribution >= 4 is 28.7 Å². The van der Waals surface area contributed by atoms with Crippen molar-refractivity contribution in [1.29, 1.82) is 0 Å². The van der Waals surface area contributed by atoms with Crippen molar-refractivity contribution in [1.82, 2.24) is 10.4 Å². The lowest BCUT2D eigenvalue weighted by Crippen LogP contribution is -2.55. The summed E-state index contributed by atoms with van der Waals surface area (Å²) in [6, 6.07) is 7.08. The predicted octanol–water partition coefficient (Wildman–Crippen LogP) is 3.06. The van der Waals surface area contributed by atoms with E-state index in [-0.39, 0.29) is 5.69 Å². The van der Waals surface area contributed by atoms with Crippen molar-refractivity contribution in [3.63, 3.8) is 0 Å². The summed E-state index contributed by atoms with van der Waals surface area (Å²) in [5.74, 6) is 0.